The summed E-state index contributed by atoms with van der Waals surface area (Å²) in [6.45, 7) is 2.39. The van der Waals surface area contributed by atoms with Crippen LogP contribution in [0.4, 0.5) is 0 Å². The molecule has 25 heavy (non-hydrogen) atoms. The zero-order valence-corrected chi connectivity index (χ0v) is 14.3. The Morgan fingerprint density at radius 3 is 2.76 bits per heavy atom. The van der Waals surface area contributed by atoms with Crippen LogP contribution in [0.3, 0.4) is 0 Å². The van der Waals surface area contributed by atoms with Crippen molar-refractivity contribution >= 4 is 5.91 Å². The lowest BCUT2D eigenvalue weighted by Crippen LogP contribution is -2.27. The smallest absolute Gasteiger partial charge is 0.251 e. The Balaban J connectivity index is 1.70. The number of nitrogens with zero attached hydrogens (tertiary/aromatic N) is 1. The van der Waals surface area contributed by atoms with Gasteiger partial charge in [-0.2, -0.15) is 0 Å². The Hall–Kier alpha value is -2.92. The number of benzene rings is 2. The van der Waals surface area contributed by atoms with Gasteiger partial charge in [-0.3, -0.25) is 4.79 Å². The minimum atomic E-state index is -0.226. The van der Waals surface area contributed by atoms with E-state index in [-0.39, 0.29) is 11.9 Å². The van der Waals surface area contributed by atoms with Crippen molar-refractivity contribution in [2.45, 2.75) is 19.6 Å². The molecule has 1 amide bonds. The predicted molar refractivity (Wildman–Crippen MR) is 97.1 cm³/mol. The number of imidazole rings is 1. The van der Waals surface area contributed by atoms with Gasteiger partial charge in [-0.1, -0.05) is 42.5 Å². The average molecular weight is 335 g/mol. The van der Waals surface area contributed by atoms with E-state index in [9.17, 15) is 4.79 Å². The maximum absolute atomic E-state index is 12.5. The second-order valence-electron chi connectivity index (χ2n) is 5.88. The Kier molecular flexibility index (Phi) is 5.26. The monoisotopic (exact) mass is 335 g/mol. The number of rotatable bonds is 6. The molecule has 3 rings (SSSR count). The molecule has 0 bridgehead atoms. The Labute approximate surface area is 147 Å². The maximum Gasteiger partial charge on any atom is 0.251 e. The molecule has 1 aromatic heterocycles. The van der Waals surface area contributed by atoms with Gasteiger partial charge < -0.3 is 15.0 Å². The first kappa shape index (κ1) is 16.9. The van der Waals surface area contributed by atoms with Crippen LogP contribution >= 0.6 is 0 Å². The summed E-state index contributed by atoms with van der Waals surface area (Å²) in [5.74, 6) is 0.586. The van der Waals surface area contributed by atoms with Gasteiger partial charge in [-0.15, -0.1) is 0 Å². The second kappa shape index (κ2) is 7.77. The van der Waals surface area contributed by atoms with Crippen molar-refractivity contribution in [3.8, 4) is 11.3 Å². The van der Waals surface area contributed by atoms with Gasteiger partial charge in [-0.25, -0.2) is 4.98 Å². The quantitative estimate of drug-likeness (QED) is 0.721. The minimum absolute atomic E-state index is 0.136. The van der Waals surface area contributed by atoms with Gasteiger partial charge in [0.2, 0.25) is 0 Å². The summed E-state index contributed by atoms with van der Waals surface area (Å²) in [6, 6.07) is 17.2. The van der Waals surface area contributed by atoms with E-state index < -0.39 is 0 Å². The molecule has 0 aliphatic carbocycles. The van der Waals surface area contributed by atoms with Gasteiger partial charge in [0.05, 0.1) is 24.5 Å². The van der Waals surface area contributed by atoms with Gasteiger partial charge in [0.15, 0.2) is 0 Å². The third-order valence-corrected chi connectivity index (χ3v) is 3.94. The van der Waals surface area contributed by atoms with Crippen LogP contribution in [0.5, 0.6) is 0 Å². The second-order valence-corrected chi connectivity index (χ2v) is 5.88. The number of H-pyrrole nitrogens is 1. The van der Waals surface area contributed by atoms with E-state index in [1.165, 1.54) is 0 Å². The molecule has 0 fully saturated rings. The van der Waals surface area contributed by atoms with Crippen molar-refractivity contribution in [3.63, 3.8) is 0 Å². The van der Waals surface area contributed by atoms with Crippen LogP contribution in [0.15, 0.2) is 60.8 Å². The summed E-state index contributed by atoms with van der Waals surface area (Å²) in [5.41, 5.74) is 3.56. The highest BCUT2D eigenvalue weighted by Crippen LogP contribution is 2.19. The molecule has 1 atom stereocenters. The molecular weight excluding hydrogens is 314 g/mol. The lowest BCUT2D eigenvalue weighted by molar-refractivity contribution is 0.0938. The van der Waals surface area contributed by atoms with Crippen molar-refractivity contribution in [3.05, 3.63) is 77.7 Å². The topological polar surface area (TPSA) is 67.0 Å². The van der Waals surface area contributed by atoms with E-state index in [0.29, 0.717) is 12.2 Å². The number of ether oxygens (including phenoxy) is 1. The average Bonchev–Trinajstić information content (AvgIpc) is 3.13. The van der Waals surface area contributed by atoms with E-state index in [1.54, 1.807) is 19.4 Å². The molecule has 0 radical (unpaired) electrons. The fraction of sp³-hybridized carbons (Fsp3) is 0.200. The molecule has 1 unspecified atom stereocenters. The molecule has 0 aliphatic rings. The van der Waals surface area contributed by atoms with Crippen LogP contribution in [-0.4, -0.2) is 23.0 Å². The SMILES string of the molecule is COCc1cccc(C(=O)NC(C)c2ncc(-c3ccccc3)[nH]2)c1. The number of carbonyl (C=O) groups is 1. The van der Waals surface area contributed by atoms with Crippen LogP contribution in [0.25, 0.3) is 11.3 Å². The van der Waals surface area contributed by atoms with Crippen molar-refractivity contribution in [2.24, 2.45) is 0 Å². The first-order valence-corrected chi connectivity index (χ1v) is 8.16. The molecule has 0 saturated carbocycles. The highest BCUT2D eigenvalue weighted by atomic mass is 16.5. The first-order valence-electron chi connectivity index (χ1n) is 8.16. The molecule has 0 saturated heterocycles. The summed E-state index contributed by atoms with van der Waals surface area (Å²) in [4.78, 5) is 20.1. The summed E-state index contributed by atoms with van der Waals surface area (Å²) in [7, 11) is 1.63. The highest BCUT2D eigenvalue weighted by Gasteiger charge is 2.15. The summed E-state index contributed by atoms with van der Waals surface area (Å²) in [5, 5.41) is 2.97. The van der Waals surface area contributed by atoms with E-state index in [1.807, 2.05) is 55.5 Å². The summed E-state index contributed by atoms with van der Waals surface area (Å²) >= 11 is 0. The highest BCUT2D eigenvalue weighted by molar-refractivity contribution is 5.94. The van der Waals surface area contributed by atoms with Gasteiger partial charge in [0.1, 0.15) is 5.82 Å². The lowest BCUT2D eigenvalue weighted by Gasteiger charge is -2.12. The Morgan fingerprint density at radius 2 is 2.00 bits per heavy atom. The largest absolute Gasteiger partial charge is 0.380 e. The number of aromatic nitrogens is 2. The third-order valence-electron chi connectivity index (χ3n) is 3.94. The van der Waals surface area contributed by atoms with Crippen LogP contribution in [-0.2, 0) is 11.3 Å². The number of methoxy groups -OCH3 is 1. The first-order chi connectivity index (χ1) is 12.2. The predicted octanol–water partition coefficient (Wildman–Crippen LogP) is 3.71. The zero-order valence-electron chi connectivity index (χ0n) is 14.3. The standard InChI is InChI=1S/C20H21N3O2/c1-14(19-21-12-18(23-19)16-8-4-3-5-9-16)22-20(24)17-10-6-7-15(11-17)13-25-2/h3-12,14H,13H2,1-2H3,(H,21,23)(H,22,24). The zero-order chi connectivity index (χ0) is 17.6. The van der Waals surface area contributed by atoms with Crippen molar-refractivity contribution in [1.82, 2.24) is 15.3 Å². The van der Waals surface area contributed by atoms with Gasteiger partial charge in [-0.05, 0) is 30.2 Å². The van der Waals surface area contributed by atoms with Crippen LogP contribution in [0.2, 0.25) is 0 Å². The van der Waals surface area contributed by atoms with Crippen LogP contribution in [0, 0.1) is 0 Å². The number of nitrogens with one attached hydrogen (secondary N) is 2. The van der Waals surface area contributed by atoms with Gasteiger partial charge in [0, 0.05) is 12.7 Å². The van der Waals surface area contributed by atoms with Crippen molar-refractivity contribution < 1.29 is 9.53 Å². The molecule has 3 aromatic rings. The van der Waals surface area contributed by atoms with E-state index in [4.69, 9.17) is 4.74 Å². The van der Waals surface area contributed by atoms with Crippen molar-refractivity contribution in [2.75, 3.05) is 7.11 Å². The molecule has 1 heterocycles. The Bertz CT molecular complexity index is 843. The van der Waals surface area contributed by atoms with Crippen molar-refractivity contribution in [1.29, 1.82) is 0 Å². The molecule has 0 aliphatic heterocycles. The molecule has 128 valence electrons. The Morgan fingerprint density at radius 1 is 1.20 bits per heavy atom. The number of hydrogen-bond acceptors (Lipinski definition) is 3. The molecule has 2 aromatic carbocycles. The molecule has 5 heteroatoms. The molecular formula is C20H21N3O2. The van der Waals surface area contributed by atoms with Crippen LogP contribution in [0.1, 0.15) is 34.7 Å². The van der Waals surface area contributed by atoms with Crippen LogP contribution < -0.4 is 5.32 Å². The maximum atomic E-state index is 12.5. The molecule has 0 spiro atoms. The number of carbonyl (C=O) groups excluding carboxylic acids is 1. The molecule has 2 N–H and O–H groups in total. The third kappa shape index (κ3) is 4.14. The number of amides is 1. The summed E-state index contributed by atoms with van der Waals surface area (Å²) in [6.07, 6.45) is 1.78. The van der Waals surface area contributed by atoms with E-state index in [2.05, 4.69) is 15.3 Å². The van der Waals surface area contributed by atoms with E-state index >= 15 is 0 Å². The lowest BCUT2D eigenvalue weighted by atomic mass is 10.1. The van der Waals surface area contributed by atoms with Gasteiger partial charge >= 0.3 is 0 Å². The number of hydrogen-bond donors (Lipinski definition) is 2. The summed E-state index contributed by atoms with van der Waals surface area (Å²) < 4.78 is 5.11. The fourth-order valence-electron chi connectivity index (χ4n) is 2.64. The molecule has 5 nitrogen and oxygen atoms in total. The van der Waals surface area contributed by atoms with Gasteiger partial charge in [0.25, 0.3) is 5.91 Å². The fourth-order valence-corrected chi connectivity index (χ4v) is 2.64. The normalized spacial score (nSPS) is 11.9. The minimum Gasteiger partial charge on any atom is -0.380 e. The van der Waals surface area contributed by atoms with E-state index in [0.717, 1.165) is 22.6 Å². The number of aromatic amines is 1.